The maximum atomic E-state index is 5.24. The van der Waals surface area contributed by atoms with Crippen LogP contribution in [-0.2, 0) is 6.54 Å². The van der Waals surface area contributed by atoms with Gasteiger partial charge in [0.1, 0.15) is 5.75 Å². The summed E-state index contributed by atoms with van der Waals surface area (Å²) in [6.45, 7) is 3.59. The van der Waals surface area contributed by atoms with Crippen molar-refractivity contribution in [2.24, 2.45) is 4.99 Å². The Balaban J connectivity index is 0.00000144. The minimum atomic E-state index is 0. The molecule has 6 heteroatoms. The SMILES string of the molecule is COc1ccncc1CNC1=NCC(C)N1.I. The molecule has 0 aliphatic carbocycles. The molecular weight excluding hydrogens is 331 g/mol. The van der Waals surface area contributed by atoms with Crippen molar-refractivity contribution in [3.8, 4) is 5.75 Å². The fourth-order valence-corrected chi connectivity index (χ4v) is 1.59. The van der Waals surface area contributed by atoms with Crippen LogP contribution in [0.3, 0.4) is 0 Å². The highest BCUT2D eigenvalue weighted by Gasteiger charge is 2.12. The average Bonchev–Trinajstić information content (AvgIpc) is 2.73. The minimum Gasteiger partial charge on any atom is -0.496 e. The standard InChI is InChI=1S/C11H16N4O.HI/c1-8-5-13-11(15-8)14-7-9-6-12-4-3-10(9)16-2;/h3-4,6,8H,5,7H2,1-2H3,(H2,13,14,15);1H. The van der Waals surface area contributed by atoms with Gasteiger partial charge >= 0.3 is 0 Å². The van der Waals surface area contributed by atoms with Crippen LogP contribution >= 0.6 is 24.0 Å². The van der Waals surface area contributed by atoms with E-state index in [9.17, 15) is 0 Å². The third kappa shape index (κ3) is 3.72. The van der Waals surface area contributed by atoms with Gasteiger partial charge in [0.15, 0.2) is 5.96 Å². The largest absolute Gasteiger partial charge is 0.496 e. The predicted octanol–water partition coefficient (Wildman–Crippen LogP) is 1.15. The number of nitrogens with one attached hydrogen (secondary N) is 2. The normalized spacial score (nSPS) is 17.8. The van der Waals surface area contributed by atoms with Gasteiger partial charge in [0.2, 0.25) is 0 Å². The molecule has 0 spiro atoms. The maximum absolute atomic E-state index is 5.24. The molecule has 0 fully saturated rings. The zero-order valence-corrected chi connectivity index (χ0v) is 12.3. The molecular formula is C11H17IN4O. The number of aliphatic imine (C=N–C) groups is 1. The Morgan fingerprint density at radius 3 is 3.06 bits per heavy atom. The van der Waals surface area contributed by atoms with Gasteiger partial charge in [0.25, 0.3) is 0 Å². The van der Waals surface area contributed by atoms with Crippen molar-refractivity contribution in [1.82, 2.24) is 15.6 Å². The first kappa shape index (κ1) is 14.0. The topological polar surface area (TPSA) is 58.5 Å². The highest BCUT2D eigenvalue weighted by atomic mass is 127. The third-order valence-electron chi connectivity index (χ3n) is 2.43. The molecule has 17 heavy (non-hydrogen) atoms. The van der Waals surface area contributed by atoms with E-state index in [0.717, 1.165) is 23.8 Å². The Kier molecular flexibility index (Phi) is 5.46. The molecule has 5 nitrogen and oxygen atoms in total. The molecule has 94 valence electrons. The molecule has 2 heterocycles. The van der Waals surface area contributed by atoms with E-state index in [1.165, 1.54) is 0 Å². The summed E-state index contributed by atoms with van der Waals surface area (Å²) in [5, 5.41) is 6.46. The van der Waals surface area contributed by atoms with E-state index >= 15 is 0 Å². The van der Waals surface area contributed by atoms with Crippen molar-refractivity contribution in [2.75, 3.05) is 13.7 Å². The lowest BCUT2D eigenvalue weighted by molar-refractivity contribution is 0.408. The average molecular weight is 348 g/mol. The Bertz CT molecular complexity index is 397. The molecule has 1 aliphatic rings. The van der Waals surface area contributed by atoms with Gasteiger partial charge < -0.3 is 15.4 Å². The molecule has 1 atom stereocenters. The van der Waals surface area contributed by atoms with E-state index in [-0.39, 0.29) is 24.0 Å². The lowest BCUT2D eigenvalue weighted by Crippen LogP contribution is -2.37. The molecule has 0 aromatic carbocycles. The van der Waals surface area contributed by atoms with Crippen LogP contribution in [0.15, 0.2) is 23.5 Å². The van der Waals surface area contributed by atoms with Crippen molar-refractivity contribution in [3.05, 3.63) is 24.0 Å². The van der Waals surface area contributed by atoms with Crippen molar-refractivity contribution in [1.29, 1.82) is 0 Å². The van der Waals surface area contributed by atoms with Crippen molar-refractivity contribution in [2.45, 2.75) is 19.5 Å². The summed E-state index contributed by atoms with van der Waals surface area (Å²) in [7, 11) is 1.66. The lowest BCUT2D eigenvalue weighted by Gasteiger charge is -2.10. The Morgan fingerprint density at radius 1 is 1.59 bits per heavy atom. The zero-order valence-electron chi connectivity index (χ0n) is 9.93. The number of guanidine groups is 1. The quantitative estimate of drug-likeness (QED) is 0.805. The molecule has 1 aromatic rings. The molecule has 0 bridgehead atoms. The molecule has 1 aromatic heterocycles. The second-order valence-electron chi connectivity index (χ2n) is 3.78. The number of rotatable bonds is 3. The second-order valence-corrected chi connectivity index (χ2v) is 3.78. The van der Waals surface area contributed by atoms with Gasteiger partial charge in [-0.05, 0) is 13.0 Å². The Hall–Kier alpha value is -1.05. The highest BCUT2D eigenvalue weighted by Crippen LogP contribution is 2.15. The monoisotopic (exact) mass is 348 g/mol. The van der Waals surface area contributed by atoms with Crippen LogP contribution in [0, 0.1) is 0 Å². The van der Waals surface area contributed by atoms with Gasteiger partial charge in [-0.1, -0.05) is 0 Å². The summed E-state index contributed by atoms with van der Waals surface area (Å²) in [5.74, 6) is 1.69. The number of hydrogen-bond donors (Lipinski definition) is 2. The first-order chi connectivity index (χ1) is 7.79. The fourth-order valence-electron chi connectivity index (χ4n) is 1.59. The number of methoxy groups -OCH3 is 1. The Morgan fingerprint density at radius 2 is 2.41 bits per heavy atom. The van der Waals surface area contributed by atoms with Gasteiger partial charge in [0.05, 0.1) is 13.7 Å². The summed E-state index contributed by atoms with van der Waals surface area (Å²) in [6, 6.07) is 2.27. The number of pyridine rings is 1. The minimum absolute atomic E-state index is 0. The van der Waals surface area contributed by atoms with Crippen molar-refractivity contribution in [3.63, 3.8) is 0 Å². The summed E-state index contributed by atoms with van der Waals surface area (Å²) in [4.78, 5) is 8.39. The van der Waals surface area contributed by atoms with Crippen LogP contribution in [-0.4, -0.2) is 30.6 Å². The molecule has 0 saturated heterocycles. The van der Waals surface area contributed by atoms with Crippen LogP contribution in [0.1, 0.15) is 12.5 Å². The van der Waals surface area contributed by atoms with Crippen molar-refractivity contribution >= 4 is 29.9 Å². The molecule has 1 aliphatic heterocycles. The van der Waals surface area contributed by atoms with Crippen LogP contribution in [0.5, 0.6) is 5.75 Å². The predicted molar refractivity (Wildman–Crippen MR) is 77.9 cm³/mol. The number of nitrogens with zero attached hydrogens (tertiary/aromatic N) is 2. The number of halogens is 1. The van der Waals surface area contributed by atoms with Crippen LogP contribution in [0.25, 0.3) is 0 Å². The van der Waals surface area contributed by atoms with E-state index in [0.29, 0.717) is 12.6 Å². The van der Waals surface area contributed by atoms with E-state index < -0.39 is 0 Å². The molecule has 2 rings (SSSR count). The second kappa shape index (κ2) is 6.63. The van der Waals surface area contributed by atoms with E-state index in [4.69, 9.17) is 4.74 Å². The summed E-state index contributed by atoms with van der Waals surface area (Å²) in [6.07, 6.45) is 3.51. The molecule has 0 amide bonds. The van der Waals surface area contributed by atoms with Gasteiger partial charge in [0, 0.05) is 30.5 Å². The van der Waals surface area contributed by atoms with Crippen molar-refractivity contribution < 1.29 is 4.74 Å². The molecule has 0 saturated carbocycles. The highest BCUT2D eigenvalue weighted by molar-refractivity contribution is 14.0. The molecule has 1 unspecified atom stereocenters. The fraction of sp³-hybridized carbons (Fsp3) is 0.455. The van der Waals surface area contributed by atoms with Crippen LogP contribution in [0.4, 0.5) is 0 Å². The smallest absolute Gasteiger partial charge is 0.191 e. The maximum Gasteiger partial charge on any atom is 0.191 e. The number of aromatic nitrogens is 1. The summed E-state index contributed by atoms with van der Waals surface area (Å²) < 4.78 is 5.24. The van der Waals surface area contributed by atoms with E-state index in [2.05, 4.69) is 27.5 Å². The molecule has 0 radical (unpaired) electrons. The Labute approximate surface area is 118 Å². The van der Waals surface area contributed by atoms with E-state index in [1.807, 2.05) is 6.07 Å². The number of ether oxygens (including phenoxy) is 1. The van der Waals surface area contributed by atoms with Crippen LogP contribution in [0.2, 0.25) is 0 Å². The lowest BCUT2D eigenvalue weighted by atomic mass is 10.2. The number of hydrogen-bond acceptors (Lipinski definition) is 5. The van der Waals surface area contributed by atoms with Gasteiger partial charge in [-0.3, -0.25) is 9.98 Å². The first-order valence-corrected chi connectivity index (χ1v) is 5.31. The van der Waals surface area contributed by atoms with E-state index in [1.54, 1.807) is 19.5 Å². The summed E-state index contributed by atoms with van der Waals surface area (Å²) in [5.41, 5.74) is 1.02. The summed E-state index contributed by atoms with van der Waals surface area (Å²) >= 11 is 0. The van der Waals surface area contributed by atoms with Crippen LogP contribution < -0.4 is 15.4 Å². The first-order valence-electron chi connectivity index (χ1n) is 5.31. The molecule has 2 N–H and O–H groups in total. The van der Waals surface area contributed by atoms with Gasteiger partial charge in [-0.2, -0.15) is 0 Å². The van der Waals surface area contributed by atoms with Gasteiger partial charge in [-0.25, -0.2) is 0 Å². The zero-order chi connectivity index (χ0) is 11.4. The third-order valence-corrected chi connectivity index (χ3v) is 2.43. The van der Waals surface area contributed by atoms with Gasteiger partial charge in [-0.15, -0.1) is 24.0 Å².